The Labute approximate surface area is 112 Å². The molecule has 100 valence electrons. The Balaban J connectivity index is 1.61. The van der Waals surface area contributed by atoms with E-state index in [0.717, 1.165) is 37.0 Å². The molecule has 2 heterocycles. The SMILES string of the molecule is O=C(Cc1ccc2cc[nH]c2c1)NC1CCCNC1. The van der Waals surface area contributed by atoms with Crippen molar-refractivity contribution in [2.75, 3.05) is 13.1 Å². The van der Waals surface area contributed by atoms with Gasteiger partial charge in [-0.15, -0.1) is 0 Å². The van der Waals surface area contributed by atoms with Crippen molar-refractivity contribution in [2.45, 2.75) is 25.3 Å². The molecule has 2 aromatic rings. The molecule has 0 bridgehead atoms. The number of carbonyl (C=O) groups is 1. The van der Waals surface area contributed by atoms with Crippen LogP contribution in [0.3, 0.4) is 0 Å². The summed E-state index contributed by atoms with van der Waals surface area (Å²) in [4.78, 5) is 15.2. The molecule has 0 saturated carbocycles. The number of aromatic nitrogens is 1. The van der Waals surface area contributed by atoms with Crippen LogP contribution in [-0.4, -0.2) is 30.0 Å². The first-order valence-electron chi connectivity index (χ1n) is 6.87. The van der Waals surface area contributed by atoms with Crippen molar-refractivity contribution in [3.63, 3.8) is 0 Å². The average molecular weight is 257 g/mol. The van der Waals surface area contributed by atoms with E-state index in [2.05, 4.69) is 21.7 Å². The van der Waals surface area contributed by atoms with Gasteiger partial charge < -0.3 is 15.6 Å². The Kier molecular flexibility index (Phi) is 3.51. The highest BCUT2D eigenvalue weighted by molar-refractivity contribution is 5.83. The van der Waals surface area contributed by atoms with Crippen molar-refractivity contribution in [3.05, 3.63) is 36.0 Å². The van der Waals surface area contributed by atoms with Crippen LogP contribution in [0, 0.1) is 0 Å². The van der Waals surface area contributed by atoms with Crippen LogP contribution in [0.1, 0.15) is 18.4 Å². The number of nitrogens with one attached hydrogen (secondary N) is 3. The first-order chi connectivity index (χ1) is 9.31. The van der Waals surface area contributed by atoms with Gasteiger partial charge in [-0.25, -0.2) is 0 Å². The Hall–Kier alpha value is -1.81. The van der Waals surface area contributed by atoms with Gasteiger partial charge in [-0.3, -0.25) is 4.79 Å². The second kappa shape index (κ2) is 5.45. The zero-order chi connectivity index (χ0) is 13.1. The van der Waals surface area contributed by atoms with Crippen molar-refractivity contribution in [1.82, 2.24) is 15.6 Å². The minimum Gasteiger partial charge on any atom is -0.361 e. The second-order valence-corrected chi connectivity index (χ2v) is 5.19. The highest BCUT2D eigenvalue weighted by Crippen LogP contribution is 2.14. The quantitative estimate of drug-likeness (QED) is 0.782. The molecule has 0 radical (unpaired) electrons. The Morgan fingerprint density at radius 1 is 1.37 bits per heavy atom. The maximum Gasteiger partial charge on any atom is 0.224 e. The van der Waals surface area contributed by atoms with E-state index in [-0.39, 0.29) is 11.9 Å². The number of benzene rings is 1. The minimum absolute atomic E-state index is 0.111. The van der Waals surface area contributed by atoms with Crippen LogP contribution in [0.4, 0.5) is 0 Å². The molecule has 1 aromatic heterocycles. The monoisotopic (exact) mass is 257 g/mol. The summed E-state index contributed by atoms with van der Waals surface area (Å²) in [7, 11) is 0. The van der Waals surface area contributed by atoms with Crippen LogP contribution in [-0.2, 0) is 11.2 Å². The molecule has 0 aliphatic carbocycles. The average Bonchev–Trinajstić information content (AvgIpc) is 2.87. The lowest BCUT2D eigenvalue weighted by molar-refractivity contribution is -0.121. The lowest BCUT2D eigenvalue weighted by Crippen LogP contribution is -2.46. The van der Waals surface area contributed by atoms with E-state index in [0.29, 0.717) is 6.42 Å². The van der Waals surface area contributed by atoms with Crippen molar-refractivity contribution in [1.29, 1.82) is 0 Å². The van der Waals surface area contributed by atoms with Gasteiger partial charge in [0, 0.05) is 24.3 Å². The Bertz CT molecular complexity index is 570. The topological polar surface area (TPSA) is 56.9 Å². The van der Waals surface area contributed by atoms with Gasteiger partial charge in [-0.1, -0.05) is 12.1 Å². The van der Waals surface area contributed by atoms with Gasteiger partial charge in [0.1, 0.15) is 0 Å². The van der Waals surface area contributed by atoms with E-state index in [4.69, 9.17) is 0 Å². The molecule has 1 amide bonds. The van der Waals surface area contributed by atoms with Gasteiger partial charge >= 0.3 is 0 Å². The number of hydrogen-bond donors (Lipinski definition) is 3. The van der Waals surface area contributed by atoms with Gasteiger partial charge in [0.05, 0.1) is 6.42 Å². The van der Waals surface area contributed by atoms with E-state index in [9.17, 15) is 4.79 Å². The zero-order valence-electron chi connectivity index (χ0n) is 10.9. The molecular formula is C15H19N3O. The molecule has 19 heavy (non-hydrogen) atoms. The number of hydrogen-bond acceptors (Lipinski definition) is 2. The summed E-state index contributed by atoms with van der Waals surface area (Å²) in [5, 5.41) is 7.58. The fraction of sp³-hybridized carbons (Fsp3) is 0.400. The van der Waals surface area contributed by atoms with Crippen molar-refractivity contribution in [3.8, 4) is 0 Å². The van der Waals surface area contributed by atoms with Gasteiger partial charge in [-0.05, 0) is 42.5 Å². The second-order valence-electron chi connectivity index (χ2n) is 5.19. The van der Waals surface area contributed by atoms with Crippen LogP contribution >= 0.6 is 0 Å². The molecule has 3 rings (SSSR count). The summed E-state index contributed by atoms with van der Waals surface area (Å²) in [5.41, 5.74) is 2.14. The minimum atomic E-state index is 0.111. The molecule has 1 fully saturated rings. The highest BCUT2D eigenvalue weighted by atomic mass is 16.1. The lowest BCUT2D eigenvalue weighted by atomic mass is 10.1. The Morgan fingerprint density at radius 2 is 2.32 bits per heavy atom. The van der Waals surface area contributed by atoms with E-state index in [1.54, 1.807) is 0 Å². The van der Waals surface area contributed by atoms with Gasteiger partial charge in [0.15, 0.2) is 0 Å². The number of fused-ring (bicyclic) bond motifs is 1. The van der Waals surface area contributed by atoms with Gasteiger partial charge in [0.25, 0.3) is 0 Å². The van der Waals surface area contributed by atoms with Crippen molar-refractivity contribution < 1.29 is 4.79 Å². The lowest BCUT2D eigenvalue weighted by Gasteiger charge is -2.23. The first-order valence-corrected chi connectivity index (χ1v) is 6.87. The summed E-state index contributed by atoms with van der Waals surface area (Å²) in [6.45, 7) is 1.96. The molecule has 1 unspecified atom stereocenters. The highest BCUT2D eigenvalue weighted by Gasteiger charge is 2.15. The van der Waals surface area contributed by atoms with E-state index >= 15 is 0 Å². The predicted molar refractivity (Wildman–Crippen MR) is 76.0 cm³/mol. The number of rotatable bonds is 3. The molecule has 1 atom stereocenters. The molecular weight excluding hydrogens is 238 g/mol. The molecule has 1 saturated heterocycles. The number of piperidine rings is 1. The first kappa shape index (κ1) is 12.2. The standard InChI is InChI=1S/C15H19N3O/c19-15(18-13-2-1-6-16-10-13)9-11-3-4-12-5-7-17-14(12)8-11/h3-5,7-8,13,16-17H,1-2,6,9-10H2,(H,18,19). The largest absolute Gasteiger partial charge is 0.361 e. The number of carbonyl (C=O) groups excluding carboxylic acids is 1. The number of amides is 1. The van der Waals surface area contributed by atoms with Crippen molar-refractivity contribution in [2.24, 2.45) is 0 Å². The van der Waals surface area contributed by atoms with Crippen LogP contribution in [0.15, 0.2) is 30.5 Å². The molecule has 3 N–H and O–H groups in total. The van der Waals surface area contributed by atoms with Crippen molar-refractivity contribution >= 4 is 16.8 Å². The number of H-pyrrole nitrogens is 1. The molecule has 1 aliphatic rings. The van der Waals surface area contributed by atoms with Crippen LogP contribution in [0.5, 0.6) is 0 Å². The third kappa shape index (κ3) is 2.96. The summed E-state index contributed by atoms with van der Waals surface area (Å²) >= 11 is 0. The Morgan fingerprint density at radius 3 is 3.16 bits per heavy atom. The van der Waals surface area contributed by atoms with Crippen LogP contribution < -0.4 is 10.6 Å². The smallest absolute Gasteiger partial charge is 0.224 e. The van der Waals surface area contributed by atoms with E-state index in [1.165, 1.54) is 5.39 Å². The molecule has 4 heteroatoms. The zero-order valence-corrected chi connectivity index (χ0v) is 10.9. The fourth-order valence-corrected chi connectivity index (χ4v) is 2.64. The summed E-state index contributed by atoms with van der Waals surface area (Å²) in [6, 6.07) is 8.45. The molecule has 1 aliphatic heterocycles. The third-order valence-electron chi connectivity index (χ3n) is 3.65. The summed E-state index contributed by atoms with van der Waals surface area (Å²) in [6.07, 6.45) is 4.58. The predicted octanol–water partition coefficient (Wildman–Crippen LogP) is 1.58. The normalized spacial score (nSPS) is 19.5. The van der Waals surface area contributed by atoms with Gasteiger partial charge in [-0.2, -0.15) is 0 Å². The summed E-state index contributed by atoms with van der Waals surface area (Å²) < 4.78 is 0. The van der Waals surface area contributed by atoms with Gasteiger partial charge in [0.2, 0.25) is 5.91 Å². The summed E-state index contributed by atoms with van der Waals surface area (Å²) in [5.74, 6) is 0.111. The fourth-order valence-electron chi connectivity index (χ4n) is 2.64. The van der Waals surface area contributed by atoms with E-state index < -0.39 is 0 Å². The molecule has 0 spiro atoms. The molecule has 4 nitrogen and oxygen atoms in total. The maximum absolute atomic E-state index is 12.0. The van der Waals surface area contributed by atoms with Crippen LogP contribution in [0.25, 0.3) is 10.9 Å². The third-order valence-corrected chi connectivity index (χ3v) is 3.65. The van der Waals surface area contributed by atoms with E-state index in [1.807, 2.05) is 24.4 Å². The number of aromatic amines is 1. The van der Waals surface area contributed by atoms with Crippen LogP contribution in [0.2, 0.25) is 0 Å². The molecule has 1 aromatic carbocycles. The maximum atomic E-state index is 12.0.